The first kappa shape index (κ1) is 11.0. The summed E-state index contributed by atoms with van der Waals surface area (Å²) < 4.78 is 13.3. The average molecular weight is 197 g/mol. The van der Waals surface area contributed by atoms with Crippen LogP contribution in [0.25, 0.3) is 0 Å². The SMILES string of the molecule is CCC(O)CNc1c(C)cccc1F. The van der Waals surface area contributed by atoms with Crippen LogP contribution >= 0.6 is 0 Å². The molecule has 0 radical (unpaired) electrons. The van der Waals surface area contributed by atoms with Gasteiger partial charge < -0.3 is 10.4 Å². The van der Waals surface area contributed by atoms with Crippen molar-refractivity contribution in [3.8, 4) is 0 Å². The van der Waals surface area contributed by atoms with E-state index in [9.17, 15) is 9.50 Å². The van der Waals surface area contributed by atoms with E-state index >= 15 is 0 Å². The van der Waals surface area contributed by atoms with Crippen LogP contribution in [0.1, 0.15) is 18.9 Å². The highest BCUT2D eigenvalue weighted by atomic mass is 19.1. The third-order valence-electron chi connectivity index (χ3n) is 2.21. The summed E-state index contributed by atoms with van der Waals surface area (Å²) in [6, 6.07) is 4.92. The maximum absolute atomic E-state index is 13.3. The van der Waals surface area contributed by atoms with Crippen molar-refractivity contribution in [1.29, 1.82) is 0 Å². The average Bonchev–Trinajstić information content (AvgIpc) is 2.16. The summed E-state index contributed by atoms with van der Waals surface area (Å²) >= 11 is 0. The topological polar surface area (TPSA) is 32.3 Å². The number of hydrogen-bond acceptors (Lipinski definition) is 2. The summed E-state index contributed by atoms with van der Waals surface area (Å²) in [7, 11) is 0. The van der Waals surface area contributed by atoms with Crippen LogP contribution in [0.3, 0.4) is 0 Å². The maximum Gasteiger partial charge on any atom is 0.146 e. The molecule has 78 valence electrons. The van der Waals surface area contributed by atoms with Gasteiger partial charge in [-0.1, -0.05) is 19.1 Å². The predicted molar refractivity (Wildman–Crippen MR) is 55.9 cm³/mol. The number of nitrogens with one attached hydrogen (secondary N) is 1. The molecule has 1 unspecified atom stereocenters. The van der Waals surface area contributed by atoms with Crippen LogP contribution in [-0.2, 0) is 0 Å². The molecule has 2 nitrogen and oxygen atoms in total. The second-order valence-electron chi connectivity index (χ2n) is 3.37. The minimum Gasteiger partial charge on any atom is -0.391 e. The number of anilines is 1. The van der Waals surface area contributed by atoms with Crippen LogP contribution in [0.2, 0.25) is 0 Å². The van der Waals surface area contributed by atoms with Gasteiger partial charge in [-0.05, 0) is 25.0 Å². The molecule has 0 aliphatic carbocycles. The Balaban J connectivity index is 2.66. The standard InChI is InChI=1S/C11H16FNO/c1-3-9(14)7-13-11-8(2)5-4-6-10(11)12/h4-6,9,13-14H,3,7H2,1-2H3. The summed E-state index contributed by atoms with van der Waals surface area (Å²) in [5.41, 5.74) is 1.34. The lowest BCUT2D eigenvalue weighted by molar-refractivity contribution is 0.183. The zero-order chi connectivity index (χ0) is 10.6. The summed E-state index contributed by atoms with van der Waals surface area (Å²) in [5, 5.41) is 12.2. The smallest absolute Gasteiger partial charge is 0.146 e. The van der Waals surface area contributed by atoms with Gasteiger partial charge in [0.25, 0.3) is 0 Å². The Morgan fingerprint density at radius 2 is 2.21 bits per heavy atom. The second kappa shape index (κ2) is 4.96. The number of aliphatic hydroxyl groups is 1. The van der Waals surface area contributed by atoms with E-state index in [4.69, 9.17) is 0 Å². The van der Waals surface area contributed by atoms with Gasteiger partial charge in [-0.15, -0.1) is 0 Å². The molecule has 0 aromatic heterocycles. The number of hydrogen-bond donors (Lipinski definition) is 2. The maximum atomic E-state index is 13.3. The van der Waals surface area contributed by atoms with Crippen LogP contribution < -0.4 is 5.32 Å². The molecule has 0 amide bonds. The summed E-state index contributed by atoms with van der Waals surface area (Å²) in [5.74, 6) is -0.270. The third kappa shape index (κ3) is 2.70. The van der Waals surface area contributed by atoms with E-state index in [1.807, 2.05) is 19.9 Å². The minimum atomic E-state index is -0.422. The Labute approximate surface area is 83.8 Å². The molecule has 3 heteroatoms. The Kier molecular flexibility index (Phi) is 3.89. The molecule has 0 heterocycles. The lowest BCUT2D eigenvalue weighted by Crippen LogP contribution is -2.19. The molecular formula is C11H16FNO. The number of aryl methyl sites for hydroxylation is 1. The Hall–Kier alpha value is -1.09. The van der Waals surface area contributed by atoms with E-state index in [2.05, 4.69) is 5.32 Å². The van der Waals surface area contributed by atoms with Gasteiger partial charge in [0.15, 0.2) is 0 Å². The van der Waals surface area contributed by atoms with Gasteiger partial charge >= 0.3 is 0 Å². The fourth-order valence-corrected chi connectivity index (χ4v) is 1.22. The van der Waals surface area contributed by atoms with Gasteiger partial charge in [-0.25, -0.2) is 4.39 Å². The third-order valence-corrected chi connectivity index (χ3v) is 2.21. The molecule has 0 saturated heterocycles. The van der Waals surface area contributed by atoms with E-state index in [1.54, 1.807) is 6.07 Å². The summed E-state index contributed by atoms with van der Waals surface area (Å²) in [6.45, 7) is 4.11. The molecule has 0 spiro atoms. The van der Waals surface area contributed by atoms with Crippen molar-refractivity contribution in [3.63, 3.8) is 0 Å². The molecule has 1 aromatic rings. The molecule has 14 heavy (non-hydrogen) atoms. The van der Waals surface area contributed by atoms with Crippen molar-refractivity contribution in [2.24, 2.45) is 0 Å². The lowest BCUT2D eigenvalue weighted by Gasteiger charge is -2.13. The van der Waals surface area contributed by atoms with Crippen molar-refractivity contribution in [1.82, 2.24) is 0 Å². The van der Waals surface area contributed by atoms with Crippen LogP contribution in [0.4, 0.5) is 10.1 Å². The Morgan fingerprint density at radius 3 is 2.79 bits per heavy atom. The fourth-order valence-electron chi connectivity index (χ4n) is 1.22. The van der Waals surface area contributed by atoms with Crippen molar-refractivity contribution >= 4 is 5.69 Å². The lowest BCUT2D eigenvalue weighted by atomic mass is 10.2. The van der Waals surface area contributed by atoms with Crippen molar-refractivity contribution in [2.75, 3.05) is 11.9 Å². The van der Waals surface area contributed by atoms with E-state index < -0.39 is 6.10 Å². The first-order chi connectivity index (χ1) is 6.65. The van der Waals surface area contributed by atoms with Crippen molar-refractivity contribution in [3.05, 3.63) is 29.6 Å². The van der Waals surface area contributed by atoms with Gasteiger partial charge in [0.2, 0.25) is 0 Å². The van der Waals surface area contributed by atoms with Gasteiger partial charge in [0.05, 0.1) is 11.8 Å². The molecule has 0 bridgehead atoms. The zero-order valence-electron chi connectivity index (χ0n) is 8.55. The number of benzene rings is 1. The molecule has 0 saturated carbocycles. The monoisotopic (exact) mass is 197 g/mol. The Morgan fingerprint density at radius 1 is 1.50 bits per heavy atom. The first-order valence-corrected chi connectivity index (χ1v) is 4.82. The second-order valence-corrected chi connectivity index (χ2v) is 3.37. The normalized spacial score (nSPS) is 12.6. The van der Waals surface area contributed by atoms with E-state index in [1.165, 1.54) is 6.07 Å². The number of aliphatic hydroxyl groups excluding tert-OH is 1. The number of rotatable bonds is 4. The van der Waals surface area contributed by atoms with Gasteiger partial charge in [0.1, 0.15) is 5.82 Å². The molecule has 2 N–H and O–H groups in total. The number of para-hydroxylation sites is 1. The van der Waals surface area contributed by atoms with E-state index in [0.29, 0.717) is 18.7 Å². The van der Waals surface area contributed by atoms with Crippen LogP contribution in [0.5, 0.6) is 0 Å². The quantitative estimate of drug-likeness (QED) is 0.776. The first-order valence-electron chi connectivity index (χ1n) is 4.82. The van der Waals surface area contributed by atoms with Gasteiger partial charge in [-0.3, -0.25) is 0 Å². The highest BCUT2D eigenvalue weighted by molar-refractivity contribution is 5.51. The van der Waals surface area contributed by atoms with Gasteiger partial charge in [-0.2, -0.15) is 0 Å². The van der Waals surface area contributed by atoms with Crippen molar-refractivity contribution < 1.29 is 9.50 Å². The van der Waals surface area contributed by atoms with Crippen LogP contribution in [-0.4, -0.2) is 17.8 Å². The minimum absolute atomic E-state index is 0.270. The molecule has 0 fully saturated rings. The molecule has 0 aliphatic rings. The van der Waals surface area contributed by atoms with Gasteiger partial charge in [0, 0.05) is 6.54 Å². The highest BCUT2D eigenvalue weighted by Crippen LogP contribution is 2.18. The molecule has 1 rings (SSSR count). The van der Waals surface area contributed by atoms with E-state index in [0.717, 1.165) is 5.56 Å². The highest BCUT2D eigenvalue weighted by Gasteiger charge is 2.06. The fraction of sp³-hybridized carbons (Fsp3) is 0.455. The van der Waals surface area contributed by atoms with E-state index in [-0.39, 0.29) is 5.82 Å². The van der Waals surface area contributed by atoms with Crippen LogP contribution in [0.15, 0.2) is 18.2 Å². The summed E-state index contributed by atoms with van der Waals surface area (Å²) in [4.78, 5) is 0. The zero-order valence-corrected chi connectivity index (χ0v) is 8.55. The molecular weight excluding hydrogens is 181 g/mol. The predicted octanol–water partition coefficient (Wildman–Crippen LogP) is 2.32. The Bertz CT molecular complexity index is 281. The molecule has 1 aromatic carbocycles. The largest absolute Gasteiger partial charge is 0.391 e. The summed E-state index contributed by atoms with van der Waals surface area (Å²) in [6.07, 6.45) is 0.245. The molecule has 0 aliphatic heterocycles. The molecule has 1 atom stereocenters. The van der Waals surface area contributed by atoms with Crippen LogP contribution in [0, 0.1) is 12.7 Å². The number of halogens is 1. The van der Waals surface area contributed by atoms with Crippen molar-refractivity contribution in [2.45, 2.75) is 26.4 Å².